The van der Waals surface area contributed by atoms with Crippen LogP contribution in [-0.4, -0.2) is 11.0 Å². The Labute approximate surface area is 150 Å². The number of hydrogen-bond acceptors (Lipinski definition) is 2. The molecule has 1 aliphatic heterocycles. The molecule has 1 atom stereocenters. The molecule has 0 saturated carbocycles. The lowest BCUT2D eigenvalue weighted by molar-refractivity contribution is 0.239. The van der Waals surface area contributed by atoms with E-state index in [4.69, 9.17) is 23.8 Å². The Balaban J connectivity index is 1.94. The number of carbonyl (C=O) groups is 1. The first kappa shape index (κ1) is 16.5. The van der Waals surface area contributed by atoms with E-state index in [0.29, 0.717) is 10.0 Å². The van der Waals surface area contributed by atoms with Crippen molar-refractivity contribution >= 4 is 40.5 Å². The molecule has 122 valence electrons. The van der Waals surface area contributed by atoms with Gasteiger partial charge in [-0.15, -0.1) is 0 Å². The Hall–Kier alpha value is -2.37. The fourth-order valence-corrected chi connectivity index (χ4v) is 3.23. The van der Waals surface area contributed by atoms with Crippen LogP contribution in [0.15, 0.2) is 65.9 Å². The number of allylic oxidation sites excluding steroid dienone is 1. The number of halogens is 1. The molecule has 1 heterocycles. The number of nitrogens with one attached hydrogen (secondary N) is 3. The lowest BCUT2D eigenvalue weighted by Gasteiger charge is -2.30. The molecule has 0 aromatic heterocycles. The summed E-state index contributed by atoms with van der Waals surface area (Å²) >= 11 is 11.6. The standard InChI is InChI=1S/C18H16ClN3OS/c1-11-15(17(24)21-14-9-5-8-13(19)10-14)16(22-18(23)20-11)12-6-3-2-4-7-12/h2-10,16H,1H3,(H,21,24)(H2,20,22,23)/t16-/m0/s1. The van der Waals surface area contributed by atoms with Crippen LogP contribution in [0.5, 0.6) is 0 Å². The van der Waals surface area contributed by atoms with E-state index >= 15 is 0 Å². The maximum atomic E-state index is 11.9. The van der Waals surface area contributed by atoms with Crippen molar-refractivity contribution < 1.29 is 4.79 Å². The second kappa shape index (κ2) is 7.03. The lowest BCUT2D eigenvalue weighted by Crippen LogP contribution is -2.45. The van der Waals surface area contributed by atoms with Crippen LogP contribution in [0.25, 0.3) is 0 Å². The normalized spacial score (nSPS) is 17.1. The van der Waals surface area contributed by atoms with E-state index in [2.05, 4.69) is 16.0 Å². The molecule has 2 aromatic carbocycles. The van der Waals surface area contributed by atoms with Crippen LogP contribution < -0.4 is 16.0 Å². The van der Waals surface area contributed by atoms with Crippen LogP contribution in [0.2, 0.25) is 5.02 Å². The van der Waals surface area contributed by atoms with Crippen molar-refractivity contribution in [3.05, 3.63) is 76.5 Å². The summed E-state index contributed by atoms with van der Waals surface area (Å²) in [7, 11) is 0. The van der Waals surface area contributed by atoms with Crippen molar-refractivity contribution in [1.82, 2.24) is 10.6 Å². The molecule has 0 radical (unpaired) electrons. The second-order valence-electron chi connectivity index (χ2n) is 5.45. The summed E-state index contributed by atoms with van der Waals surface area (Å²) in [6.45, 7) is 1.84. The molecule has 4 nitrogen and oxygen atoms in total. The number of carbonyl (C=O) groups excluding carboxylic acids is 1. The van der Waals surface area contributed by atoms with Gasteiger partial charge in [0, 0.05) is 22.0 Å². The fourth-order valence-electron chi connectivity index (χ4n) is 2.66. The van der Waals surface area contributed by atoms with Gasteiger partial charge in [-0.1, -0.05) is 60.2 Å². The Morgan fingerprint density at radius 2 is 1.92 bits per heavy atom. The topological polar surface area (TPSA) is 53.2 Å². The van der Waals surface area contributed by atoms with Crippen LogP contribution in [0.3, 0.4) is 0 Å². The molecule has 0 aliphatic carbocycles. The SMILES string of the molecule is CC1=C(C(=S)Nc2cccc(Cl)c2)[C@H](c2ccccc2)NC(=O)N1. The number of hydrogen-bond donors (Lipinski definition) is 3. The third-order valence-corrected chi connectivity index (χ3v) is 4.29. The molecule has 1 aliphatic rings. The first-order chi connectivity index (χ1) is 11.5. The maximum absolute atomic E-state index is 11.9. The van der Waals surface area contributed by atoms with Crippen LogP contribution in [0.4, 0.5) is 10.5 Å². The first-order valence-electron chi connectivity index (χ1n) is 7.45. The highest BCUT2D eigenvalue weighted by Gasteiger charge is 2.29. The lowest BCUT2D eigenvalue weighted by atomic mass is 9.95. The Morgan fingerprint density at radius 1 is 1.17 bits per heavy atom. The van der Waals surface area contributed by atoms with Crippen molar-refractivity contribution in [1.29, 1.82) is 0 Å². The zero-order chi connectivity index (χ0) is 17.1. The largest absolute Gasteiger partial charge is 0.346 e. The Morgan fingerprint density at radius 3 is 2.62 bits per heavy atom. The zero-order valence-corrected chi connectivity index (χ0v) is 14.5. The fraction of sp³-hybridized carbons (Fsp3) is 0.111. The molecule has 0 bridgehead atoms. The number of rotatable bonds is 3. The van der Waals surface area contributed by atoms with Crippen molar-refractivity contribution in [2.45, 2.75) is 13.0 Å². The van der Waals surface area contributed by atoms with E-state index in [1.165, 1.54) is 0 Å². The zero-order valence-electron chi connectivity index (χ0n) is 13.0. The van der Waals surface area contributed by atoms with Crippen LogP contribution in [0, 0.1) is 0 Å². The molecule has 0 saturated heterocycles. The van der Waals surface area contributed by atoms with Gasteiger partial charge in [0.1, 0.15) is 4.99 Å². The molecule has 0 spiro atoms. The minimum atomic E-state index is -0.306. The molecule has 3 rings (SSSR count). The van der Waals surface area contributed by atoms with Crippen LogP contribution in [-0.2, 0) is 0 Å². The second-order valence-corrected chi connectivity index (χ2v) is 6.29. The van der Waals surface area contributed by atoms with Gasteiger partial charge in [-0.05, 0) is 30.7 Å². The molecule has 2 aromatic rings. The molecule has 6 heteroatoms. The van der Waals surface area contributed by atoms with Gasteiger partial charge in [0.15, 0.2) is 0 Å². The summed E-state index contributed by atoms with van der Waals surface area (Å²) in [5.41, 5.74) is 3.33. The van der Waals surface area contributed by atoms with Crippen molar-refractivity contribution in [3.8, 4) is 0 Å². The number of amides is 2. The van der Waals surface area contributed by atoms with Gasteiger partial charge in [0.25, 0.3) is 0 Å². The summed E-state index contributed by atoms with van der Waals surface area (Å²) in [4.78, 5) is 12.4. The quantitative estimate of drug-likeness (QED) is 0.713. The smallest absolute Gasteiger partial charge is 0.319 e. The molecule has 0 unspecified atom stereocenters. The van der Waals surface area contributed by atoms with Gasteiger partial charge in [-0.3, -0.25) is 0 Å². The van der Waals surface area contributed by atoms with Gasteiger partial charge in [-0.2, -0.15) is 0 Å². The van der Waals surface area contributed by atoms with Crippen molar-refractivity contribution in [2.24, 2.45) is 0 Å². The summed E-state index contributed by atoms with van der Waals surface area (Å²) in [5, 5.41) is 9.54. The van der Waals surface area contributed by atoms with Gasteiger partial charge in [0.2, 0.25) is 0 Å². The third kappa shape index (κ3) is 3.58. The molecule has 0 fully saturated rings. The van der Waals surface area contributed by atoms with E-state index < -0.39 is 0 Å². The van der Waals surface area contributed by atoms with E-state index in [1.54, 1.807) is 12.1 Å². The highest BCUT2D eigenvalue weighted by molar-refractivity contribution is 7.81. The number of thiocarbonyl (C=S) groups is 1. The number of anilines is 1. The Bertz CT molecular complexity index is 820. The van der Waals surface area contributed by atoms with Gasteiger partial charge >= 0.3 is 6.03 Å². The summed E-state index contributed by atoms with van der Waals surface area (Å²) < 4.78 is 0. The predicted molar refractivity (Wildman–Crippen MR) is 101 cm³/mol. The van der Waals surface area contributed by atoms with Gasteiger partial charge in [0.05, 0.1) is 6.04 Å². The minimum Gasteiger partial charge on any atom is -0.346 e. The van der Waals surface area contributed by atoms with Crippen LogP contribution in [0.1, 0.15) is 18.5 Å². The first-order valence-corrected chi connectivity index (χ1v) is 8.23. The maximum Gasteiger partial charge on any atom is 0.319 e. The van der Waals surface area contributed by atoms with Crippen molar-refractivity contribution in [3.63, 3.8) is 0 Å². The average molecular weight is 358 g/mol. The van der Waals surface area contributed by atoms with Gasteiger partial charge in [-0.25, -0.2) is 4.79 Å². The Kier molecular flexibility index (Phi) is 4.83. The highest BCUT2D eigenvalue weighted by Crippen LogP contribution is 2.28. The van der Waals surface area contributed by atoms with Crippen molar-refractivity contribution in [2.75, 3.05) is 5.32 Å². The van der Waals surface area contributed by atoms with Crippen LogP contribution >= 0.6 is 23.8 Å². The number of benzene rings is 2. The summed E-state index contributed by atoms with van der Waals surface area (Å²) in [6.07, 6.45) is 0. The predicted octanol–water partition coefficient (Wildman–Crippen LogP) is 4.41. The molecular weight excluding hydrogens is 342 g/mol. The average Bonchev–Trinajstić information content (AvgIpc) is 2.54. The third-order valence-electron chi connectivity index (χ3n) is 3.73. The van der Waals surface area contributed by atoms with E-state index in [-0.39, 0.29) is 12.1 Å². The number of urea groups is 1. The summed E-state index contributed by atoms with van der Waals surface area (Å²) in [6, 6.07) is 16.5. The van der Waals surface area contributed by atoms with E-state index in [9.17, 15) is 4.79 Å². The highest BCUT2D eigenvalue weighted by atomic mass is 35.5. The minimum absolute atomic E-state index is 0.240. The van der Waals surface area contributed by atoms with E-state index in [1.807, 2.05) is 49.4 Å². The van der Waals surface area contributed by atoms with E-state index in [0.717, 1.165) is 22.5 Å². The summed E-state index contributed by atoms with van der Waals surface area (Å²) in [5.74, 6) is 0. The molecular formula is C18H16ClN3OS. The molecule has 3 N–H and O–H groups in total. The molecule has 24 heavy (non-hydrogen) atoms. The molecule has 2 amide bonds. The monoisotopic (exact) mass is 357 g/mol. The van der Waals surface area contributed by atoms with Gasteiger partial charge < -0.3 is 16.0 Å².